The number of ether oxygens (including phenoxy) is 1. The first-order chi connectivity index (χ1) is 5.77. The van der Waals surface area contributed by atoms with Gasteiger partial charge in [-0.25, -0.2) is 0 Å². The molecule has 0 unspecified atom stereocenters. The van der Waals surface area contributed by atoms with Crippen LogP contribution >= 0.6 is 0 Å². The summed E-state index contributed by atoms with van der Waals surface area (Å²) in [5.74, 6) is 2.01. The quantitative estimate of drug-likeness (QED) is 0.529. The van der Waals surface area contributed by atoms with Crippen molar-refractivity contribution in [2.24, 2.45) is 0 Å². The predicted molar refractivity (Wildman–Crippen MR) is 49.4 cm³/mol. The molecule has 12 heavy (non-hydrogen) atoms. The minimum absolute atomic E-state index is 0.984. The van der Waals surface area contributed by atoms with E-state index in [0.717, 1.165) is 17.9 Å². The minimum Gasteiger partial charge on any atom is -0.462 e. The lowest BCUT2D eigenvalue weighted by Gasteiger charge is -2.21. The van der Waals surface area contributed by atoms with Crippen molar-refractivity contribution >= 4 is 0 Å². The van der Waals surface area contributed by atoms with Gasteiger partial charge in [0, 0.05) is 5.57 Å². The Hall–Kier alpha value is -1.24. The van der Waals surface area contributed by atoms with Crippen molar-refractivity contribution in [1.82, 2.24) is 0 Å². The van der Waals surface area contributed by atoms with Crippen molar-refractivity contribution in [2.75, 3.05) is 0 Å². The SMILES string of the molecule is CC1=CC(C)=C2CC=CC=C2O1. The van der Waals surface area contributed by atoms with Crippen molar-refractivity contribution in [3.63, 3.8) is 0 Å². The molecule has 1 heterocycles. The molecule has 1 nitrogen and oxygen atoms in total. The summed E-state index contributed by atoms with van der Waals surface area (Å²) >= 11 is 0. The van der Waals surface area contributed by atoms with Gasteiger partial charge in [0.1, 0.15) is 11.5 Å². The normalized spacial score (nSPS) is 21.2. The molecule has 0 spiro atoms. The van der Waals surface area contributed by atoms with E-state index in [9.17, 15) is 0 Å². The van der Waals surface area contributed by atoms with Gasteiger partial charge in [-0.15, -0.1) is 0 Å². The topological polar surface area (TPSA) is 9.23 Å². The monoisotopic (exact) mass is 160 g/mol. The van der Waals surface area contributed by atoms with E-state index < -0.39 is 0 Å². The molecule has 2 rings (SSSR count). The fraction of sp³-hybridized carbons (Fsp3) is 0.273. The summed E-state index contributed by atoms with van der Waals surface area (Å²) in [7, 11) is 0. The fourth-order valence-corrected chi connectivity index (χ4v) is 1.59. The Kier molecular flexibility index (Phi) is 1.65. The van der Waals surface area contributed by atoms with Gasteiger partial charge in [-0.1, -0.05) is 12.2 Å². The smallest absolute Gasteiger partial charge is 0.130 e. The third kappa shape index (κ3) is 1.11. The summed E-state index contributed by atoms with van der Waals surface area (Å²) in [5, 5.41) is 0. The van der Waals surface area contributed by atoms with Gasteiger partial charge in [0.15, 0.2) is 0 Å². The highest BCUT2D eigenvalue weighted by Gasteiger charge is 2.15. The van der Waals surface area contributed by atoms with Crippen molar-refractivity contribution < 1.29 is 4.74 Å². The summed E-state index contributed by atoms with van der Waals surface area (Å²) in [6.07, 6.45) is 9.32. The first-order valence-corrected chi connectivity index (χ1v) is 4.20. The molecule has 0 atom stereocenters. The van der Waals surface area contributed by atoms with Crippen molar-refractivity contribution in [3.8, 4) is 0 Å². The first-order valence-electron chi connectivity index (χ1n) is 4.20. The molecule has 1 aliphatic carbocycles. The second-order valence-electron chi connectivity index (χ2n) is 3.18. The Morgan fingerprint density at radius 1 is 1.33 bits per heavy atom. The van der Waals surface area contributed by atoms with Crippen molar-refractivity contribution in [2.45, 2.75) is 20.3 Å². The maximum Gasteiger partial charge on any atom is 0.130 e. The zero-order valence-corrected chi connectivity index (χ0v) is 7.42. The average Bonchev–Trinajstić information content (AvgIpc) is 2.04. The Labute approximate surface area is 72.7 Å². The van der Waals surface area contributed by atoms with Crippen LogP contribution in [0.3, 0.4) is 0 Å². The second-order valence-corrected chi connectivity index (χ2v) is 3.18. The zero-order chi connectivity index (χ0) is 8.55. The van der Waals surface area contributed by atoms with Gasteiger partial charge in [0.2, 0.25) is 0 Å². The molecule has 0 saturated carbocycles. The summed E-state index contributed by atoms with van der Waals surface area (Å²) in [5.41, 5.74) is 2.65. The van der Waals surface area contributed by atoms with Crippen molar-refractivity contribution in [3.05, 3.63) is 47.0 Å². The van der Waals surface area contributed by atoms with Gasteiger partial charge in [-0.05, 0) is 38.0 Å². The van der Waals surface area contributed by atoms with E-state index in [1.54, 1.807) is 0 Å². The van der Waals surface area contributed by atoms with Gasteiger partial charge >= 0.3 is 0 Å². The zero-order valence-electron chi connectivity index (χ0n) is 7.42. The highest BCUT2D eigenvalue weighted by molar-refractivity contribution is 5.45. The molecule has 0 amide bonds. The molecule has 2 aliphatic rings. The number of allylic oxidation sites excluding steroid dienone is 7. The highest BCUT2D eigenvalue weighted by atomic mass is 16.5. The van der Waals surface area contributed by atoms with Gasteiger partial charge in [-0.3, -0.25) is 0 Å². The number of hydrogen-bond acceptors (Lipinski definition) is 1. The van der Waals surface area contributed by atoms with E-state index in [4.69, 9.17) is 4.74 Å². The second kappa shape index (κ2) is 2.67. The molecule has 1 heteroatoms. The third-order valence-corrected chi connectivity index (χ3v) is 2.17. The molecule has 0 aromatic heterocycles. The van der Waals surface area contributed by atoms with Crippen LogP contribution in [0.15, 0.2) is 47.0 Å². The van der Waals surface area contributed by atoms with E-state index >= 15 is 0 Å². The molecular weight excluding hydrogens is 148 g/mol. The number of hydrogen-bond donors (Lipinski definition) is 0. The van der Waals surface area contributed by atoms with E-state index in [1.165, 1.54) is 11.1 Å². The first kappa shape index (κ1) is 7.41. The van der Waals surface area contributed by atoms with E-state index in [2.05, 4.69) is 19.1 Å². The van der Waals surface area contributed by atoms with Gasteiger partial charge < -0.3 is 4.74 Å². The molecule has 0 bridgehead atoms. The van der Waals surface area contributed by atoms with Crippen LogP contribution in [0.2, 0.25) is 0 Å². The highest BCUT2D eigenvalue weighted by Crippen LogP contribution is 2.30. The maximum atomic E-state index is 5.57. The van der Waals surface area contributed by atoms with Gasteiger partial charge in [0.25, 0.3) is 0 Å². The molecule has 0 aromatic carbocycles. The lowest BCUT2D eigenvalue weighted by Crippen LogP contribution is -2.04. The van der Waals surface area contributed by atoms with Crippen LogP contribution in [0.1, 0.15) is 20.3 Å². The Morgan fingerprint density at radius 2 is 2.17 bits per heavy atom. The lowest BCUT2D eigenvalue weighted by atomic mass is 9.98. The van der Waals surface area contributed by atoms with E-state index in [-0.39, 0.29) is 0 Å². The van der Waals surface area contributed by atoms with Crippen molar-refractivity contribution in [1.29, 1.82) is 0 Å². The van der Waals surface area contributed by atoms with Crippen LogP contribution in [0, 0.1) is 0 Å². The largest absolute Gasteiger partial charge is 0.462 e. The number of fused-ring (bicyclic) bond motifs is 1. The Bertz CT molecular complexity index is 327. The summed E-state index contributed by atoms with van der Waals surface area (Å²) < 4.78 is 5.57. The van der Waals surface area contributed by atoms with Gasteiger partial charge in [0.05, 0.1) is 0 Å². The predicted octanol–water partition coefficient (Wildman–Crippen LogP) is 3.08. The molecule has 0 fully saturated rings. The van der Waals surface area contributed by atoms with E-state index in [0.29, 0.717) is 0 Å². The molecule has 0 N–H and O–H groups in total. The minimum atomic E-state index is 0.984. The molecule has 0 saturated heterocycles. The molecular formula is C11H12O. The van der Waals surface area contributed by atoms with Crippen LogP contribution in [0.4, 0.5) is 0 Å². The van der Waals surface area contributed by atoms with Crippen LogP contribution < -0.4 is 0 Å². The van der Waals surface area contributed by atoms with Crippen LogP contribution in [0.25, 0.3) is 0 Å². The molecule has 1 aliphatic heterocycles. The maximum absolute atomic E-state index is 5.57. The van der Waals surface area contributed by atoms with Crippen LogP contribution in [0.5, 0.6) is 0 Å². The van der Waals surface area contributed by atoms with Crippen LogP contribution in [-0.4, -0.2) is 0 Å². The van der Waals surface area contributed by atoms with Gasteiger partial charge in [-0.2, -0.15) is 0 Å². The molecule has 0 radical (unpaired) electrons. The lowest BCUT2D eigenvalue weighted by molar-refractivity contribution is 0.308. The summed E-state index contributed by atoms with van der Waals surface area (Å²) in [6, 6.07) is 0. The number of rotatable bonds is 0. The van der Waals surface area contributed by atoms with Crippen LogP contribution in [-0.2, 0) is 4.74 Å². The Morgan fingerprint density at radius 3 is 3.00 bits per heavy atom. The molecule has 0 aromatic rings. The molecule has 62 valence electrons. The van der Waals surface area contributed by atoms with E-state index in [1.807, 2.05) is 19.1 Å². The average molecular weight is 160 g/mol. The Balaban J connectivity index is 2.46. The fourth-order valence-electron chi connectivity index (χ4n) is 1.59. The standard InChI is InChI=1S/C11H12O/c1-8-7-9(2)12-11-6-4-3-5-10(8)11/h3-4,6-7H,5H2,1-2H3. The summed E-state index contributed by atoms with van der Waals surface area (Å²) in [6.45, 7) is 4.12. The third-order valence-electron chi connectivity index (χ3n) is 2.17. The summed E-state index contributed by atoms with van der Waals surface area (Å²) in [4.78, 5) is 0.